The summed E-state index contributed by atoms with van der Waals surface area (Å²) in [6, 6.07) is 6.41. The van der Waals surface area contributed by atoms with Gasteiger partial charge >= 0.3 is 0 Å². The van der Waals surface area contributed by atoms with Crippen LogP contribution in [0.1, 0.15) is 32.8 Å². The molecule has 1 aliphatic rings. The van der Waals surface area contributed by atoms with E-state index in [0.29, 0.717) is 10.9 Å². The maximum atomic E-state index is 6.01. The van der Waals surface area contributed by atoms with Crippen molar-refractivity contribution in [2.75, 3.05) is 23.7 Å². The lowest BCUT2D eigenvalue weighted by Crippen LogP contribution is -2.39. The molecule has 0 saturated carbocycles. The van der Waals surface area contributed by atoms with Crippen LogP contribution in [0, 0.1) is 11.8 Å². The van der Waals surface area contributed by atoms with Crippen LogP contribution in [-0.2, 0) is 0 Å². The summed E-state index contributed by atoms with van der Waals surface area (Å²) in [5, 5.41) is 0. The standard InChI is InChI=1S/C16H24N2S2/c1-4-20-14-7-5-6-13(15(14)16(17)19)18-9-8-11(2)12(3)10-18/h5-7,11-12H,4,8-10H2,1-3H3,(H2,17,19). The maximum absolute atomic E-state index is 6.01. The van der Waals surface area contributed by atoms with Crippen molar-refractivity contribution >= 4 is 34.7 Å². The summed E-state index contributed by atoms with van der Waals surface area (Å²) < 4.78 is 0. The minimum absolute atomic E-state index is 0.517. The molecule has 4 heteroatoms. The third kappa shape index (κ3) is 3.29. The number of thiocarbonyl (C=S) groups is 1. The number of nitrogens with two attached hydrogens (primary N) is 1. The normalized spacial score (nSPS) is 22.9. The SMILES string of the molecule is CCSc1cccc(N2CCC(C)C(C)C2)c1C(N)=S. The lowest BCUT2D eigenvalue weighted by molar-refractivity contribution is 0.324. The zero-order valence-corrected chi connectivity index (χ0v) is 14.2. The van der Waals surface area contributed by atoms with Crippen molar-refractivity contribution in [1.29, 1.82) is 0 Å². The number of piperidine rings is 1. The summed E-state index contributed by atoms with van der Waals surface area (Å²) in [7, 11) is 0. The highest BCUT2D eigenvalue weighted by Crippen LogP contribution is 2.34. The van der Waals surface area contributed by atoms with Crippen LogP contribution < -0.4 is 10.6 Å². The first-order valence-corrected chi connectivity index (χ1v) is 8.74. The van der Waals surface area contributed by atoms with Gasteiger partial charge in [-0.1, -0.05) is 39.1 Å². The highest BCUT2D eigenvalue weighted by atomic mass is 32.2. The number of nitrogens with zero attached hydrogens (tertiary/aromatic N) is 1. The van der Waals surface area contributed by atoms with Crippen LogP contribution in [-0.4, -0.2) is 23.8 Å². The summed E-state index contributed by atoms with van der Waals surface area (Å²) in [5.74, 6) is 2.55. The van der Waals surface area contributed by atoms with E-state index in [4.69, 9.17) is 18.0 Å². The van der Waals surface area contributed by atoms with Gasteiger partial charge in [0.15, 0.2) is 0 Å². The Kier molecular flexibility index (Phi) is 5.33. The van der Waals surface area contributed by atoms with Gasteiger partial charge in [-0.25, -0.2) is 0 Å². The summed E-state index contributed by atoms with van der Waals surface area (Å²) in [4.78, 5) is 4.19. The Balaban J connectivity index is 2.35. The molecule has 1 saturated heterocycles. The molecule has 1 fully saturated rings. The number of benzene rings is 1. The molecule has 110 valence electrons. The van der Waals surface area contributed by atoms with E-state index < -0.39 is 0 Å². The number of hydrogen-bond acceptors (Lipinski definition) is 3. The molecule has 20 heavy (non-hydrogen) atoms. The Morgan fingerprint density at radius 2 is 2.15 bits per heavy atom. The van der Waals surface area contributed by atoms with Crippen molar-refractivity contribution in [1.82, 2.24) is 0 Å². The second-order valence-corrected chi connectivity index (χ2v) is 7.38. The van der Waals surface area contributed by atoms with Crippen molar-refractivity contribution in [2.45, 2.75) is 32.1 Å². The molecule has 0 radical (unpaired) electrons. The predicted octanol–water partition coefficient (Wildman–Crippen LogP) is 3.92. The van der Waals surface area contributed by atoms with Gasteiger partial charge < -0.3 is 10.6 Å². The molecule has 0 spiro atoms. The van der Waals surface area contributed by atoms with Crippen LogP contribution in [0.3, 0.4) is 0 Å². The van der Waals surface area contributed by atoms with Crippen LogP contribution >= 0.6 is 24.0 Å². The molecule has 0 bridgehead atoms. The maximum Gasteiger partial charge on any atom is 0.107 e. The van der Waals surface area contributed by atoms with Gasteiger partial charge in [0, 0.05) is 29.2 Å². The molecule has 2 nitrogen and oxygen atoms in total. The Morgan fingerprint density at radius 1 is 1.40 bits per heavy atom. The Bertz CT molecular complexity index is 487. The number of rotatable bonds is 4. The van der Waals surface area contributed by atoms with Crippen molar-refractivity contribution < 1.29 is 0 Å². The van der Waals surface area contributed by atoms with Gasteiger partial charge in [0.1, 0.15) is 4.99 Å². The molecule has 2 N–H and O–H groups in total. The van der Waals surface area contributed by atoms with Gasteiger partial charge in [-0.05, 0) is 36.1 Å². The molecule has 2 atom stereocenters. The first kappa shape index (κ1) is 15.6. The Hall–Kier alpha value is -0.740. The van der Waals surface area contributed by atoms with Crippen LogP contribution in [0.25, 0.3) is 0 Å². The zero-order chi connectivity index (χ0) is 14.7. The van der Waals surface area contributed by atoms with Gasteiger partial charge in [0.25, 0.3) is 0 Å². The summed E-state index contributed by atoms with van der Waals surface area (Å²) in [5.41, 5.74) is 8.29. The second kappa shape index (κ2) is 6.81. The van der Waals surface area contributed by atoms with E-state index in [-0.39, 0.29) is 0 Å². The third-order valence-corrected chi connectivity index (χ3v) is 5.37. The second-order valence-electron chi connectivity index (χ2n) is 5.64. The average Bonchev–Trinajstić information content (AvgIpc) is 2.42. The molecule has 1 aromatic carbocycles. The molecule has 2 rings (SSSR count). The molecule has 0 aliphatic carbocycles. The van der Waals surface area contributed by atoms with E-state index in [0.717, 1.165) is 30.3 Å². The van der Waals surface area contributed by atoms with Crippen LogP contribution in [0.2, 0.25) is 0 Å². The number of hydrogen-bond donors (Lipinski definition) is 1. The fraction of sp³-hybridized carbons (Fsp3) is 0.562. The average molecular weight is 309 g/mol. The van der Waals surface area contributed by atoms with Gasteiger partial charge in [0.2, 0.25) is 0 Å². The van der Waals surface area contributed by atoms with E-state index >= 15 is 0 Å². The van der Waals surface area contributed by atoms with Crippen LogP contribution in [0.4, 0.5) is 5.69 Å². The molecule has 1 heterocycles. The molecule has 1 aromatic rings. The van der Waals surface area contributed by atoms with Gasteiger partial charge in [-0.2, -0.15) is 0 Å². The third-order valence-electron chi connectivity index (χ3n) is 4.23. The fourth-order valence-electron chi connectivity index (χ4n) is 2.79. The first-order chi connectivity index (χ1) is 9.54. The molecule has 0 amide bonds. The lowest BCUT2D eigenvalue weighted by atomic mass is 9.88. The summed E-state index contributed by atoms with van der Waals surface area (Å²) in [6.07, 6.45) is 1.24. The molecule has 0 aromatic heterocycles. The molecular weight excluding hydrogens is 284 g/mol. The van der Waals surface area contributed by atoms with E-state index in [1.807, 2.05) is 11.8 Å². The van der Waals surface area contributed by atoms with Crippen LogP contribution in [0.15, 0.2) is 23.1 Å². The predicted molar refractivity (Wildman–Crippen MR) is 93.9 cm³/mol. The molecular formula is C16H24N2S2. The fourth-order valence-corrected chi connectivity index (χ4v) is 3.91. The van der Waals surface area contributed by atoms with E-state index in [1.165, 1.54) is 17.0 Å². The minimum atomic E-state index is 0.517. The topological polar surface area (TPSA) is 29.3 Å². The van der Waals surface area contributed by atoms with E-state index in [2.05, 4.69) is 43.9 Å². The van der Waals surface area contributed by atoms with Crippen LogP contribution in [0.5, 0.6) is 0 Å². The highest BCUT2D eigenvalue weighted by molar-refractivity contribution is 7.99. The smallest absolute Gasteiger partial charge is 0.107 e. The Labute approximate surface area is 132 Å². The monoisotopic (exact) mass is 308 g/mol. The van der Waals surface area contributed by atoms with Crippen molar-refractivity contribution in [3.63, 3.8) is 0 Å². The van der Waals surface area contributed by atoms with Crippen molar-refractivity contribution in [2.24, 2.45) is 17.6 Å². The van der Waals surface area contributed by atoms with Gasteiger partial charge in [-0.3, -0.25) is 0 Å². The summed E-state index contributed by atoms with van der Waals surface area (Å²) >= 11 is 7.13. The summed E-state index contributed by atoms with van der Waals surface area (Å²) in [6.45, 7) is 9.03. The van der Waals surface area contributed by atoms with E-state index in [9.17, 15) is 0 Å². The van der Waals surface area contributed by atoms with Gasteiger partial charge in [-0.15, -0.1) is 11.8 Å². The van der Waals surface area contributed by atoms with E-state index in [1.54, 1.807) is 0 Å². The quantitative estimate of drug-likeness (QED) is 0.674. The van der Waals surface area contributed by atoms with Crippen molar-refractivity contribution in [3.05, 3.63) is 23.8 Å². The van der Waals surface area contributed by atoms with Crippen molar-refractivity contribution in [3.8, 4) is 0 Å². The minimum Gasteiger partial charge on any atom is -0.389 e. The first-order valence-electron chi connectivity index (χ1n) is 7.35. The number of anilines is 1. The Morgan fingerprint density at radius 3 is 2.75 bits per heavy atom. The highest BCUT2D eigenvalue weighted by Gasteiger charge is 2.25. The lowest BCUT2D eigenvalue weighted by Gasteiger charge is -2.38. The largest absolute Gasteiger partial charge is 0.389 e. The van der Waals surface area contributed by atoms with Gasteiger partial charge in [0.05, 0.1) is 0 Å². The zero-order valence-electron chi connectivity index (χ0n) is 12.6. The number of thioether (sulfide) groups is 1. The molecule has 2 unspecified atom stereocenters. The molecule has 1 aliphatic heterocycles.